The smallest absolute Gasteiger partial charge is 0.231 e. The van der Waals surface area contributed by atoms with E-state index < -0.39 is 0 Å². The third kappa shape index (κ3) is 2.51. The molecule has 1 aromatic carbocycles. The van der Waals surface area contributed by atoms with Crippen molar-refractivity contribution in [1.82, 2.24) is 10.2 Å². The Bertz CT molecular complexity index is 481. The maximum Gasteiger partial charge on any atom is 0.231 e. The molecule has 3 rings (SSSR count). The van der Waals surface area contributed by atoms with Crippen LogP contribution in [0.4, 0.5) is 0 Å². The molecule has 2 aliphatic rings. The highest BCUT2D eigenvalue weighted by Crippen LogP contribution is 2.27. The monoisotopic (exact) mass is 260 g/mol. The van der Waals surface area contributed by atoms with Crippen LogP contribution in [0.1, 0.15) is 22.6 Å². The number of aryl methyl sites for hydroxylation is 1. The number of hydrogen-bond donors (Lipinski definition) is 1. The van der Waals surface area contributed by atoms with Crippen LogP contribution in [-0.4, -0.2) is 43.7 Å². The predicted octanol–water partition coefficient (Wildman–Crippen LogP) is 1.04. The highest BCUT2D eigenvalue weighted by atomic mass is 16.5. The Kier molecular flexibility index (Phi) is 3.53. The van der Waals surface area contributed by atoms with Crippen LogP contribution in [-0.2, 0) is 16.1 Å². The first kappa shape index (κ1) is 12.6. The fraction of sp³-hybridized carbons (Fsp3) is 0.533. The molecule has 0 aliphatic carbocycles. The van der Waals surface area contributed by atoms with Crippen molar-refractivity contribution in [2.45, 2.75) is 19.4 Å². The number of nitrogens with one attached hydrogen (secondary N) is 1. The first-order valence-electron chi connectivity index (χ1n) is 6.92. The molecule has 2 heterocycles. The summed E-state index contributed by atoms with van der Waals surface area (Å²) in [5, 5.41) is 3.35. The van der Waals surface area contributed by atoms with Crippen LogP contribution in [0.15, 0.2) is 18.2 Å². The number of nitrogens with zero attached hydrogens (tertiary/aromatic N) is 1. The van der Waals surface area contributed by atoms with Gasteiger partial charge in [0.2, 0.25) is 5.91 Å². The average molecular weight is 260 g/mol. The highest BCUT2D eigenvalue weighted by molar-refractivity contribution is 5.85. The van der Waals surface area contributed by atoms with Gasteiger partial charge in [0.25, 0.3) is 0 Å². The lowest BCUT2D eigenvalue weighted by Crippen LogP contribution is -2.46. The van der Waals surface area contributed by atoms with Crippen molar-refractivity contribution >= 4 is 5.91 Å². The third-order valence-corrected chi connectivity index (χ3v) is 3.96. The van der Waals surface area contributed by atoms with E-state index in [1.165, 1.54) is 16.7 Å². The van der Waals surface area contributed by atoms with Crippen molar-refractivity contribution in [2.24, 2.45) is 0 Å². The van der Waals surface area contributed by atoms with Crippen molar-refractivity contribution in [2.75, 3.05) is 32.8 Å². The summed E-state index contributed by atoms with van der Waals surface area (Å²) >= 11 is 0. The van der Waals surface area contributed by atoms with E-state index in [0.29, 0.717) is 13.2 Å². The van der Waals surface area contributed by atoms with Crippen molar-refractivity contribution in [3.8, 4) is 0 Å². The van der Waals surface area contributed by atoms with E-state index in [-0.39, 0.29) is 11.8 Å². The van der Waals surface area contributed by atoms with Gasteiger partial charge < -0.3 is 15.0 Å². The fourth-order valence-corrected chi connectivity index (χ4v) is 2.89. The van der Waals surface area contributed by atoms with E-state index in [2.05, 4.69) is 30.4 Å². The number of amides is 1. The second-order valence-electron chi connectivity index (χ2n) is 5.32. The summed E-state index contributed by atoms with van der Waals surface area (Å²) in [6.07, 6.45) is 0. The summed E-state index contributed by atoms with van der Waals surface area (Å²) in [5.74, 6) is 0.198. The third-order valence-electron chi connectivity index (χ3n) is 3.96. The van der Waals surface area contributed by atoms with Crippen LogP contribution < -0.4 is 5.32 Å². The lowest BCUT2D eigenvalue weighted by molar-refractivity contribution is -0.137. The molecule has 1 atom stereocenters. The summed E-state index contributed by atoms with van der Waals surface area (Å²) in [4.78, 5) is 14.6. The Hall–Kier alpha value is -1.39. The van der Waals surface area contributed by atoms with Crippen LogP contribution in [0.2, 0.25) is 0 Å². The van der Waals surface area contributed by atoms with Gasteiger partial charge in [-0.2, -0.15) is 0 Å². The molecule has 0 spiro atoms. The van der Waals surface area contributed by atoms with E-state index in [4.69, 9.17) is 4.74 Å². The van der Waals surface area contributed by atoms with Crippen molar-refractivity contribution in [3.63, 3.8) is 0 Å². The Balaban J connectivity index is 1.86. The highest BCUT2D eigenvalue weighted by Gasteiger charge is 2.30. The summed E-state index contributed by atoms with van der Waals surface area (Å²) in [6.45, 7) is 6.44. The van der Waals surface area contributed by atoms with E-state index in [1.54, 1.807) is 0 Å². The van der Waals surface area contributed by atoms with E-state index >= 15 is 0 Å². The van der Waals surface area contributed by atoms with Gasteiger partial charge in [-0.1, -0.05) is 23.8 Å². The van der Waals surface area contributed by atoms with Gasteiger partial charge in [-0.05, 0) is 18.1 Å². The van der Waals surface area contributed by atoms with Gasteiger partial charge in [-0.15, -0.1) is 0 Å². The zero-order valence-corrected chi connectivity index (χ0v) is 11.3. The van der Waals surface area contributed by atoms with Crippen LogP contribution in [0, 0.1) is 6.92 Å². The summed E-state index contributed by atoms with van der Waals surface area (Å²) < 4.78 is 5.32. The first-order valence-corrected chi connectivity index (χ1v) is 6.92. The lowest BCUT2D eigenvalue weighted by Gasteiger charge is -2.33. The van der Waals surface area contributed by atoms with E-state index in [9.17, 15) is 4.79 Å². The quantitative estimate of drug-likeness (QED) is 0.820. The van der Waals surface area contributed by atoms with Crippen LogP contribution in [0.25, 0.3) is 0 Å². The Morgan fingerprint density at radius 1 is 1.37 bits per heavy atom. The largest absolute Gasteiger partial charge is 0.378 e. The molecule has 4 heteroatoms. The normalized spacial score (nSPS) is 23.0. The minimum atomic E-state index is -0.0400. The molecule has 1 unspecified atom stereocenters. The van der Waals surface area contributed by atoms with E-state index in [1.807, 2.05) is 4.90 Å². The molecule has 1 saturated heterocycles. The number of benzene rings is 1. The molecule has 0 aromatic heterocycles. The van der Waals surface area contributed by atoms with Gasteiger partial charge in [0.1, 0.15) is 0 Å². The maximum absolute atomic E-state index is 12.7. The van der Waals surface area contributed by atoms with Gasteiger partial charge in [-0.25, -0.2) is 0 Å². The number of ether oxygens (including phenoxy) is 1. The molecular weight excluding hydrogens is 240 g/mol. The average Bonchev–Trinajstić information content (AvgIpc) is 2.47. The van der Waals surface area contributed by atoms with Crippen LogP contribution >= 0.6 is 0 Å². The van der Waals surface area contributed by atoms with Gasteiger partial charge in [0, 0.05) is 26.2 Å². The Morgan fingerprint density at radius 3 is 2.95 bits per heavy atom. The van der Waals surface area contributed by atoms with Crippen LogP contribution in [0.3, 0.4) is 0 Å². The Morgan fingerprint density at radius 2 is 2.16 bits per heavy atom. The van der Waals surface area contributed by atoms with Crippen molar-refractivity contribution in [3.05, 3.63) is 34.9 Å². The molecule has 2 aliphatic heterocycles. The minimum Gasteiger partial charge on any atom is -0.378 e. The molecule has 1 amide bonds. The van der Waals surface area contributed by atoms with Gasteiger partial charge >= 0.3 is 0 Å². The van der Waals surface area contributed by atoms with Gasteiger partial charge in [0.05, 0.1) is 19.1 Å². The number of fused-ring (bicyclic) bond motifs is 1. The topological polar surface area (TPSA) is 41.6 Å². The van der Waals surface area contributed by atoms with Crippen LogP contribution in [0.5, 0.6) is 0 Å². The summed E-state index contributed by atoms with van der Waals surface area (Å²) in [5.41, 5.74) is 3.68. The number of hydrogen-bond acceptors (Lipinski definition) is 3. The molecule has 102 valence electrons. The zero-order chi connectivity index (χ0) is 13.2. The number of carbonyl (C=O) groups is 1. The first-order chi connectivity index (χ1) is 9.25. The maximum atomic E-state index is 12.7. The Labute approximate surface area is 113 Å². The summed E-state index contributed by atoms with van der Waals surface area (Å²) in [7, 11) is 0. The second-order valence-corrected chi connectivity index (χ2v) is 5.32. The number of morpholine rings is 1. The van der Waals surface area contributed by atoms with Crippen molar-refractivity contribution < 1.29 is 9.53 Å². The second kappa shape index (κ2) is 5.31. The summed E-state index contributed by atoms with van der Waals surface area (Å²) in [6, 6.07) is 6.41. The SMILES string of the molecule is Cc1ccc2c(c1)C(C(=O)N1CCOCC1)CNC2. The molecule has 19 heavy (non-hydrogen) atoms. The fourth-order valence-electron chi connectivity index (χ4n) is 2.89. The molecule has 0 radical (unpaired) electrons. The van der Waals surface area contributed by atoms with Gasteiger partial charge in [0.15, 0.2) is 0 Å². The number of rotatable bonds is 1. The molecule has 1 aromatic rings. The molecule has 4 nitrogen and oxygen atoms in total. The van der Waals surface area contributed by atoms with Crippen molar-refractivity contribution in [1.29, 1.82) is 0 Å². The molecule has 0 bridgehead atoms. The minimum absolute atomic E-state index is 0.0400. The lowest BCUT2D eigenvalue weighted by atomic mass is 9.88. The number of carbonyl (C=O) groups excluding carboxylic acids is 1. The predicted molar refractivity (Wildman–Crippen MR) is 73.0 cm³/mol. The standard InChI is InChI=1S/C15H20N2O2/c1-11-2-3-12-9-16-10-14(13(12)8-11)15(18)17-4-6-19-7-5-17/h2-3,8,14,16H,4-7,9-10H2,1H3. The zero-order valence-electron chi connectivity index (χ0n) is 11.3. The van der Waals surface area contributed by atoms with E-state index in [0.717, 1.165) is 26.2 Å². The molecular formula is C15H20N2O2. The molecule has 1 N–H and O–H groups in total. The molecule has 0 saturated carbocycles. The van der Waals surface area contributed by atoms with Gasteiger partial charge in [-0.3, -0.25) is 4.79 Å². The molecule has 1 fully saturated rings.